The molecule has 2 aromatic carbocycles. The lowest BCUT2D eigenvalue weighted by atomic mass is 9.84. The Morgan fingerprint density at radius 3 is 2.62 bits per heavy atom. The van der Waals surface area contributed by atoms with Crippen LogP contribution in [0.4, 0.5) is 5.69 Å². The third kappa shape index (κ3) is 4.98. The highest BCUT2D eigenvalue weighted by Crippen LogP contribution is 2.47. The zero-order valence-electron chi connectivity index (χ0n) is 20.6. The molecule has 0 unspecified atom stereocenters. The molecule has 9 nitrogen and oxygen atoms in total. The van der Waals surface area contributed by atoms with E-state index in [9.17, 15) is 14.7 Å². The maximum absolute atomic E-state index is 12.9. The summed E-state index contributed by atoms with van der Waals surface area (Å²) < 4.78 is 23.0. The van der Waals surface area contributed by atoms with Gasteiger partial charge < -0.3 is 34.7 Å². The van der Waals surface area contributed by atoms with Crippen LogP contribution in [0.1, 0.15) is 66.8 Å². The zero-order valence-corrected chi connectivity index (χ0v) is 20.6. The van der Waals surface area contributed by atoms with Crippen LogP contribution in [-0.4, -0.2) is 54.7 Å². The number of anilines is 1. The van der Waals surface area contributed by atoms with Gasteiger partial charge in [0.2, 0.25) is 12.7 Å². The van der Waals surface area contributed by atoms with E-state index in [4.69, 9.17) is 18.9 Å². The van der Waals surface area contributed by atoms with E-state index in [-0.39, 0.29) is 55.8 Å². The Balaban J connectivity index is 1.14. The summed E-state index contributed by atoms with van der Waals surface area (Å²) in [7, 11) is 0. The molecule has 6 rings (SSSR count). The van der Waals surface area contributed by atoms with Gasteiger partial charge in [0.05, 0.1) is 19.1 Å². The van der Waals surface area contributed by atoms with Gasteiger partial charge in [-0.3, -0.25) is 9.59 Å². The van der Waals surface area contributed by atoms with Gasteiger partial charge in [0.1, 0.15) is 18.0 Å². The van der Waals surface area contributed by atoms with Crippen LogP contribution in [0.5, 0.6) is 17.2 Å². The van der Waals surface area contributed by atoms with Crippen molar-refractivity contribution in [2.24, 2.45) is 0 Å². The molecular formula is C28H32N2O7. The van der Waals surface area contributed by atoms with Crippen molar-refractivity contribution in [3.63, 3.8) is 0 Å². The topological polar surface area (TPSA) is 115 Å². The molecule has 3 heterocycles. The number of fused-ring (bicyclic) bond motifs is 4. The molecule has 0 radical (unpaired) electrons. The number of carbonyl (C=O) groups is 2. The first-order chi connectivity index (χ1) is 18.1. The fourth-order valence-electron chi connectivity index (χ4n) is 5.95. The fourth-order valence-corrected chi connectivity index (χ4v) is 5.95. The van der Waals surface area contributed by atoms with Gasteiger partial charge in [-0.05, 0) is 55.7 Å². The van der Waals surface area contributed by atoms with Crippen molar-refractivity contribution in [3.05, 3.63) is 47.5 Å². The lowest BCUT2D eigenvalue weighted by Crippen LogP contribution is -2.48. The molecule has 0 spiro atoms. The Bertz CT molecular complexity index is 1180. The van der Waals surface area contributed by atoms with E-state index in [2.05, 4.69) is 10.6 Å². The van der Waals surface area contributed by atoms with Crippen molar-refractivity contribution >= 4 is 17.5 Å². The number of nitrogens with one attached hydrogen (secondary N) is 2. The number of hydrogen-bond acceptors (Lipinski definition) is 7. The van der Waals surface area contributed by atoms with E-state index >= 15 is 0 Å². The number of rotatable bonds is 6. The maximum atomic E-state index is 12.9. The van der Waals surface area contributed by atoms with Gasteiger partial charge in [0.15, 0.2) is 11.5 Å². The smallest absolute Gasteiger partial charge is 0.255 e. The third-order valence-electron chi connectivity index (χ3n) is 7.78. The minimum absolute atomic E-state index is 0.00378. The van der Waals surface area contributed by atoms with E-state index in [0.29, 0.717) is 34.9 Å². The quantitative estimate of drug-likeness (QED) is 0.547. The minimum Gasteiger partial charge on any atom is -0.487 e. The minimum atomic E-state index is -0.523. The summed E-state index contributed by atoms with van der Waals surface area (Å²) in [5.41, 5.74) is 2.06. The summed E-state index contributed by atoms with van der Waals surface area (Å²) in [6, 6.07) is 10.9. The molecule has 196 valence electrons. The molecule has 3 N–H and O–H groups in total. The largest absolute Gasteiger partial charge is 0.487 e. The number of hydrogen-bond donors (Lipinski definition) is 3. The second kappa shape index (κ2) is 10.2. The molecule has 0 aromatic heterocycles. The molecule has 4 atom stereocenters. The van der Waals surface area contributed by atoms with E-state index in [0.717, 1.165) is 31.2 Å². The number of ether oxygens (including phenoxy) is 4. The molecular weight excluding hydrogens is 476 g/mol. The van der Waals surface area contributed by atoms with Crippen molar-refractivity contribution in [3.8, 4) is 17.2 Å². The zero-order chi connectivity index (χ0) is 25.4. The number of aliphatic hydroxyl groups is 1. The second-order valence-electron chi connectivity index (χ2n) is 10.3. The number of carbonyl (C=O) groups excluding carboxylic acids is 2. The highest BCUT2D eigenvalue weighted by atomic mass is 16.7. The maximum Gasteiger partial charge on any atom is 0.255 e. The molecule has 1 saturated heterocycles. The summed E-state index contributed by atoms with van der Waals surface area (Å²) in [5, 5.41) is 16.1. The van der Waals surface area contributed by atoms with E-state index < -0.39 is 6.10 Å². The number of benzene rings is 2. The Labute approximate surface area is 215 Å². The van der Waals surface area contributed by atoms with Gasteiger partial charge in [0.25, 0.3) is 5.91 Å². The van der Waals surface area contributed by atoms with Gasteiger partial charge in [-0.1, -0.05) is 19.3 Å². The predicted octanol–water partition coefficient (Wildman–Crippen LogP) is 3.50. The first kappa shape index (κ1) is 24.1. The van der Waals surface area contributed by atoms with Crippen LogP contribution in [0.2, 0.25) is 0 Å². The van der Waals surface area contributed by atoms with Crippen LogP contribution in [0.15, 0.2) is 36.4 Å². The normalized spacial score (nSPS) is 26.1. The molecule has 9 heteroatoms. The Hall–Kier alpha value is -3.30. The lowest BCUT2D eigenvalue weighted by Gasteiger charge is -2.37. The van der Waals surface area contributed by atoms with Crippen LogP contribution in [-0.2, 0) is 9.53 Å². The average Bonchev–Trinajstić information content (AvgIpc) is 3.53. The molecule has 4 aliphatic rings. The van der Waals surface area contributed by atoms with Crippen molar-refractivity contribution in [2.75, 3.05) is 18.7 Å². The van der Waals surface area contributed by atoms with Crippen LogP contribution in [0.25, 0.3) is 0 Å². The number of aliphatic hydroxyl groups excluding tert-OH is 1. The molecule has 0 bridgehead atoms. The molecule has 2 aromatic rings. The molecule has 3 aliphatic heterocycles. The Morgan fingerprint density at radius 2 is 1.78 bits per heavy atom. The summed E-state index contributed by atoms with van der Waals surface area (Å²) in [6.45, 7) is -0.0425. The molecule has 1 aliphatic carbocycles. The highest BCUT2D eigenvalue weighted by molar-refractivity contribution is 6.04. The van der Waals surface area contributed by atoms with Crippen molar-refractivity contribution in [1.29, 1.82) is 0 Å². The summed E-state index contributed by atoms with van der Waals surface area (Å²) in [4.78, 5) is 25.6. The van der Waals surface area contributed by atoms with Crippen molar-refractivity contribution in [2.45, 2.75) is 75.2 Å². The van der Waals surface area contributed by atoms with Gasteiger partial charge >= 0.3 is 0 Å². The predicted molar refractivity (Wildman–Crippen MR) is 134 cm³/mol. The third-order valence-corrected chi connectivity index (χ3v) is 7.78. The van der Waals surface area contributed by atoms with Gasteiger partial charge in [0, 0.05) is 28.8 Å². The Morgan fingerprint density at radius 1 is 0.973 bits per heavy atom. The van der Waals surface area contributed by atoms with Crippen LogP contribution in [0.3, 0.4) is 0 Å². The monoisotopic (exact) mass is 508 g/mol. The van der Waals surface area contributed by atoms with E-state index in [1.165, 1.54) is 6.42 Å². The van der Waals surface area contributed by atoms with Crippen molar-refractivity contribution < 1.29 is 33.6 Å². The lowest BCUT2D eigenvalue weighted by molar-refractivity contribution is -0.142. The molecule has 37 heavy (non-hydrogen) atoms. The first-order valence-electron chi connectivity index (χ1n) is 13.1. The summed E-state index contributed by atoms with van der Waals surface area (Å²) in [6.07, 6.45) is 5.29. The SMILES string of the molecule is O=C(C[C@H]1C[C@@H]2c3cc(NC(=O)c4ccc5c(c4)OCO5)ccc3O[C@@H]2[C@H](CO)O1)NC1CCCCC1. The highest BCUT2D eigenvalue weighted by Gasteiger charge is 2.46. The second-order valence-corrected chi connectivity index (χ2v) is 10.3. The standard InChI is InChI=1S/C28H32N2O7/c31-14-25-27-21(12-19(36-25)13-26(32)29-17-4-2-1-3-5-17)20-11-18(7-9-22(20)37-27)30-28(33)16-6-8-23-24(10-16)35-15-34-23/h6-11,17,19,21,25,27,31H,1-5,12-15H2,(H,29,32)(H,30,33)/t19-,21-,25+,27+/m1/s1. The fraction of sp³-hybridized carbons (Fsp3) is 0.500. The molecule has 2 fully saturated rings. The van der Waals surface area contributed by atoms with Gasteiger partial charge in [-0.15, -0.1) is 0 Å². The number of amides is 2. The van der Waals surface area contributed by atoms with Gasteiger partial charge in [-0.25, -0.2) is 0 Å². The van der Waals surface area contributed by atoms with E-state index in [1.807, 2.05) is 12.1 Å². The Kier molecular flexibility index (Phi) is 6.65. The van der Waals surface area contributed by atoms with Crippen molar-refractivity contribution in [1.82, 2.24) is 5.32 Å². The van der Waals surface area contributed by atoms with Crippen LogP contribution >= 0.6 is 0 Å². The van der Waals surface area contributed by atoms with Crippen LogP contribution < -0.4 is 24.8 Å². The van der Waals surface area contributed by atoms with E-state index in [1.54, 1.807) is 24.3 Å². The average molecular weight is 509 g/mol. The van der Waals surface area contributed by atoms with Crippen LogP contribution in [0, 0.1) is 0 Å². The first-order valence-corrected chi connectivity index (χ1v) is 13.1. The molecule has 2 amide bonds. The summed E-state index contributed by atoms with van der Waals surface area (Å²) >= 11 is 0. The molecule has 1 saturated carbocycles. The van der Waals surface area contributed by atoms with Gasteiger partial charge in [-0.2, -0.15) is 0 Å². The summed E-state index contributed by atoms with van der Waals surface area (Å²) in [5.74, 6) is 1.58.